The quantitative estimate of drug-likeness (QED) is 0.401. The first-order valence-electron chi connectivity index (χ1n) is 4.80. The standard InChI is InChI=1S/C11H12N2O/c12-6-10(11(13)14)5-9-4-7-1-2-8(9)3-7/h1-2,5,7-9H,3-4H2,(H2,13,14)/b10-5-/t7-,8+,9+/m0/s1. The van der Waals surface area contributed by atoms with Crippen LogP contribution in [0.15, 0.2) is 23.8 Å². The normalized spacial score (nSPS) is 34.5. The second-order valence-electron chi connectivity index (χ2n) is 4.00. The van der Waals surface area contributed by atoms with Crippen molar-refractivity contribution < 1.29 is 4.79 Å². The topological polar surface area (TPSA) is 66.9 Å². The van der Waals surface area contributed by atoms with Crippen LogP contribution in [0, 0.1) is 29.1 Å². The number of carbonyl (C=O) groups is 1. The number of nitriles is 1. The van der Waals surface area contributed by atoms with Crippen LogP contribution in [0.5, 0.6) is 0 Å². The Morgan fingerprint density at radius 3 is 2.71 bits per heavy atom. The Bertz CT molecular complexity index is 362. The van der Waals surface area contributed by atoms with Gasteiger partial charge in [-0.2, -0.15) is 5.26 Å². The maximum atomic E-state index is 10.8. The lowest BCUT2D eigenvalue weighted by molar-refractivity contribution is -0.114. The molecular formula is C11H12N2O. The summed E-state index contributed by atoms with van der Waals surface area (Å²) in [4.78, 5) is 10.8. The molecule has 2 N–H and O–H groups in total. The number of nitrogens with two attached hydrogens (primary N) is 1. The lowest BCUT2D eigenvalue weighted by atomic mass is 9.91. The Morgan fingerprint density at radius 2 is 2.29 bits per heavy atom. The Hall–Kier alpha value is -1.56. The summed E-state index contributed by atoms with van der Waals surface area (Å²) in [6, 6.07) is 1.85. The summed E-state index contributed by atoms with van der Waals surface area (Å²) in [6.45, 7) is 0. The number of carbonyl (C=O) groups excluding carboxylic acids is 1. The van der Waals surface area contributed by atoms with Crippen LogP contribution in [-0.2, 0) is 4.79 Å². The fourth-order valence-electron chi connectivity index (χ4n) is 2.40. The van der Waals surface area contributed by atoms with Crippen molar-refractivity contribution in [2.24, 2.45) is 23.5 Å². The molecule has 3 atom stereocenters. The second-order valence-corrected chi connectivity index (χ2v) is 4.00. The molecule has 2 bridgehead atoms. The molecular weight excluding hydrogens is 176 g/mol. The van der Waals surface area contributed by atoms with E-state index in [1.807, 2.05) is 6.07 Å². The number of primary amides is 1. The summed E-state index contributed by atoms with van der Waals surface area (Å²) in [7, 11) is 0. The van der Waals surface area contributed by atoms with Gasteiger partial charge in [0.25, 0.3) is 5.91 Å². The smallest absolute Gasteiger partial charge is 0.259 e. The molecule has 0 aromatic rings. The van der Waals surface area contributed by atoms with Gasteiger partial charge in [0, 0.05) is 0 Å². The van der Waals surface area contributed by atoms with Gasteiger partial charge in [0.2, 0.25) is 0 Å². The Morgan fingerprint density at radius 1 is 1.50 bits per heavy atom. The highest BCUT2D eigenvalue weighted by Gasteiger charge is 2.34. The molecule has 2 rings (SSSR count). The Balaban J connectivity index is 2.15. The predicted molar refractivity (Wildman–Crippen MR) is 51.7 cm³/mol. The highest BCUT2D eigenvalue weighted by molar-refractivity contribution is 5.95. The monoisotopic (exact) mass is 188 g/mol. The summed E-state index contributed by atoms with van der Waals surface area (Å²) in [5.74, 6) is 0.892. The van der Waals surface area contributed by atoms with Gasteiger partial charge in [-0.15, -0.1) is 0 Å². The van der Waals surface area contributed by atoms with E-state index in [1.54, 1.807) is 6.08 Å². The fraction of sp³-hybridized carbons (Fsp3) is 0.455. The van der Waals surface area contributed by atoms with Crippen LogP contribution in [0.3, 0.4) is 0 Å². The fourth-order valence-corrected chi connectivity index (χ4v) is 2.40. The van der Waals surface area contributed by atoms with Crippen molar-refractivity contribution in [3.63, 3.8) is 0 Å². The number of amides is 1. The first kappa shape index (κ1) is 9.01. The molecule has 3 nitrogen and oxygen atoms in total. The molecule has 1 fully saturated rings. The molecule has 1 saturated carbocycles. The second kappa shape index (κ2) is 3.30. The van der Waals surface area contributed by atoms with Gasteiger partial charge in [0.1, 0.15) is 11.6 Å². The molecule has 14 heavy (non-hydrogen) atoms. The number of hydrogen-bond donors (Lipinski definition) is 1. The SMILES string of the molecule is N#C/C(=C/[C@H]1C[C@H]2C=C[C@@H]1C2)C(N)=O. The largest absolute Gasteiger partial charge is 0.365 e. The zero-order chi connectivity index (χ0) is 10.1. The summed E-state index contributed by atoms with van der Waals surface area (Å²) in [6.07, 6.45) is 8.38. The van der Waals surface area contributed by atoms with Crippen LogP contribution in [0.2, 0.25) is 0 Å². The summed E-state index contributed by atoms with van der Waals surface area (Å²) in [5, 5.41) is 8.69. The molecule has 2 aliphatic carbocycles. The minimum atomic E-state index is -0.612. The maximum absolute atomic E-state index is 10.8. The summed E-state index contributed by atoms with van der Waals surface area (Å²) < 4.78 is 0. The van der Waals surface area contributed by atoms with Crippen LogP contribution in [-0.4, -0.2) is 5.91 Å². The molecule has 0 heterocycles. The van der Waals surface area contributed by atoms with Crippen molar-refractivity contribution >= 4 is 5.91 Å². The van der Waals surface area contributed by atoms with E-state index in [-0.39, 0.29) is 5.57 Å². The van der Waals surface area contributed by atoms with Crippen LogP contribution in [0.25, 0.3) is 0 Å². The van der Waals surface area contributed by atoms with Gasteiger partial charge in [-0.05, 0) is 30.6 Å². The minimum absolute atomic E-state index is 0.107. The predicted octanol–water partition coefficient (Wildman–Crippen LogP) is 1.13. The molecule has 0 aromatic heterocycles. The molecule has 0 saturated heterocycles. The van der Waals surface area contributed by atoms with Gasteiger partial charge < -0.3 is 5.73 Å². The lowest BCUT2D eigenvalue weighted by Gasteiger charge is -2.13. The lowest BCUT2D eigenvalue weighted by Crippen LogP contribution is -2.15. The van der Waals surface area contributed by atoms with Gasteiger partial charge in [-0.3, -0.25) is 4.79 Å². The van der Waals surface area contributed by atoms with Gasteiger partial charge in [0.15, 0.2) is 0 Å². The number of rotatable bonds is 2. The Labute approximate surface area is 82.9 Å². The summed E-state index contributed by atoms with van der Waals surface area (Å²) in [5.41, 5.74) is 5.18. The van der Waals surface area contributed by atoms with E-state index >= 15 is 0 Å². The molecule has 1 amide bonds. The van der Waals surface area contributed by atoms with E-state index in [1.165, 1.54) is 6.42 Å². The van der Waals surface area contributed by atoms with Crippen molar-refractivity contribution in [2.75, 3.05) is 0 Å². The highest BCUT2D eigenvalue weighted by atomic mass is 16.1. The first-order chi connectivity index (χ1) is 6.70. The third-order valence-electron chi connectivity index (χ3n) is 3.10. The number of nitrogens with zero attached hydrogens (tertiary/aromatic N) is 1. The van der Waals surface area contributed by atoms with Crippen molar-refractivity contribution in [1.82, 2.24) is 0 Å². The van der Waals surface area contributed by atoms with Gasteiger partial charge in [-0.1, -0.05) is 18.2 Å². The molecule has 0 aliphatic heterocycles. The first-order valence-corrected chi connectivity index (χ1v) is 4.80. The van der Waals surface area contributed by atoms with Crippen molar-refractivity contribution in [2.45, 2.75) is 12.8 Å². The van der Waals surface area contributed by atoms with Crippen LogP contribution >= 0.6 is 0 Å². The third kappa shape index (κ3) is 1.44. The van der Waals surface area contributed by atoms with Gasteiger partial charge in [-0.25, -0.2) is 0 Å². The van der Waals surface area contributed by atoms with Crippen LogP contribution in [0.4, 0.5) is 0 Å². The maximum Gasteiger partial charge on any atom is 0.259 e. The molecule has 72 valence electrons. The van der Waals surface area contributed by atoms with Gasteiger partial charge in [0.05, 0.1) is 0 Å². The van der Waals surface area contributed by atoms with E-state index in [9.17, 15) is 4.79 Å². The average molecular weight is 188 g/mol. The Kier molecular flexibility index (Phi) is 2.12. The molecule has 0 spiro atoms. The number of allylic oxidation sites excluding steroid dienone is 3. The van der Waals surface area contributed by atoms with E-state index in [4.69, 9.17) is 11.0 Å². The van der Waals surface area contributed by atoms with Crippen molar-refractivity contribution in [1.29, 1.82) is 5.26 Å². The number of hydrogen-bond acceptors (Lipinski definition) is 2. The minimum Gasteiger partial charge on any atom is -0.365 e. The zero-order valence-corrected chi connectivity index (χ0v) is 7.81. The van der Waals surface area contributed by atoms with Crippen molar-refractivity contribution in [3.8, 4) is 6.07 Å². The third-order valence-corrected chi connectivity index (χ3v) is 3.10. The molecule has 3 heteroatoms. The van der Waals surface area contributed by atoms with Crippen molar-refractivity contribution in [3.05, 3.63) is 23.8 Å². The van der Waals surface area contributed by atoms with Crippen LogP contribution < -0.4 is 5.73 Å². The zero-order valence-electron chi connectivity index (χ0n) is 7.81. The molecule has 0 aromatic carbocycles. The molecule has 2 aliphatic rings. The van der Waals surface area contributed by atoms with E-state index in [0.29, 0.717) is 17.8 Å². The van der Waals surface area contributed by atoms with Gasteiger partial charge >= 0.3 is 0 Å². The average Bonchev–Trinajstić information content (AvgIpc) is 2.74. The highest BCUT2D eigenvalue weighted by Crippen LogP contribution is 2.44. The molecule has 0 unspecified atom stereocenters. The van der Waals surface area contributed by atoms with E-state index in [2.05, 4.69) is 12.2 Å². The number of fused-ring (bicyclic) bond motifs is 2. The van der Waals surface area contributed by atoms with E-state index in [0.717, 1.165) is 6.42 Å². The van der Waals surface area contributed by atoms with E-state index < -0.39 is 5.91 Å². The van der Waals surface area contributed by atoms with Crippen LogP contribution in [0.1, 0.15) is 12.8 Å². The summed E-state index contributed by atoms with van der Waals surface area (Å²) >= 11 is 0. The molecule has 0 radical (unpaired) electrons.